The topological polar surface area (TPSA) is 29.3 Å². The molecule has 2 rings (SSSR count). The summed E-state index contributed by atoms with van der Waals surface area (Å²) in [4.78, 5) is 2.57. The van der Waals surface area contributed by atoms with Gasteiger partial charge in [-0.05, 0) is 50.3 Å². The minimum absolute atomic E-state index is 0.658. The van der Waals surface area contributed by atoms with E-state index in [2.05, 4.69) is 43.0 Å². The van der Waals surface area contributed by atoms with Crippen molar-refractivity contribution in [2.75, 3.05) is 18.0 Å². The molecule has 1 aromatic carbocycles. The monoisotopic (exact) mass is 232 g/mol. The predicted molar refractivity (Wildman–Crippen MR) is 74.4 cm³/mol. The molecule has 1 fully saturated rings. The van der Waals surface area contributed by atoms with Gasteiger partial charge in [0.25, 0.3) is 0 Å². The van der Waals surface area contributed by atoms with Crippen LogP contribution in [0.1, 0.15) is 32.3 Å². The molecule has 0 aromatic heterocycles. The highest BCUT2D eigenvalue weighted by Gasteiger charge is 2.24. The fraction of sp³-hybridized carbons (Fsp3) is 0.600. The van der Waals surface area contributed by atoms with Gasteiger partial charge in [0.2, 0.25) is 0 Å². The molecule has 17 heavy (non-hydrogen) atoms. The number of hydrogen-bond donors (Lipinski definition) is 1. The van der Waals surface area contributed by atoms with Crippen LogP contribution in [0.2, 0.25) is 0 Å². The van der Waals surface area contributed by atoms with E-state index in [1.807, 2.05) is 0 Å². The third kappa shape index (κ3) is 2.81. The van der Waals surface area contributed by atoms with Crippen LogP contribution >= 0.6 is 0 Å². The molecule has 1 heterocycles. The Hall–Kier alpha value is -1.02. The van der Waals surface area contributed by atoms with Crippen molar-refractivity contribution in [2.24, 2.45) is 11.7 Å². The molecule has 1 aliphatic heterocycles. The first-order chi connectivity index (χ1) is 8.22. The summed E-state index contributed by atoms with van der Waals surface area (Å²) in [6, 6.07) is 9.38. The molecule has 0 spiro atoms. The quantitative estimate of drug-likeness (QED) is 0.868. The van der Waals surface area contributed by atoms with Crippen LogP contribution in [0.15, 0.2) is 24.3 Å². The zero-order valence-electron chi connectivity index (χ0n) is 11.0. The van der Waals surface area contributed by atoms with Gasteiger partial charge in [-0.15, -0.1) is 0 Å². The number of benzene rings is 1. The van der Waals surface area contributed by atoms with Gasteiger partial charge in [0.15, 0.2) is 0 Å². The smallest absolute Gasteiger partial charge is 0.0401 e. The maximum atomic E-state index is 5.70. The van der Waals surface area contributed by atoms with Gasteiger partial charge in [0.1, 0.15) is 0 Å². The van der Waals surface area contributed by atoms with Crippen molar-refractivity contribution in [3.8, 4) is 0 Å². The normalized spacial score (nSPS) is 25.0. The third-order valence-electron chi connectivity index (χ3n) is 3.83. The Kier molecular flexibility index (Phi) is 4.06. The third-order valence-corrected chi connectivity index (χ3v) is 3.83. The highest BCUT2D eigenvalue weighted by Crippen LogP contribution is 2.30. The van der Waals surface area contributed by atoms with Gasteiger partial charge >= 0.3 is 0 Å². The molecular formula is C15H24N2. The van der Waals surface area contributed by atoms with Crippen LogP contribution in [0.25, 0.3) is 0 Å². The van der Waals surface area contributed by atoms with Crippen LogP contribution in [0.5, 0.6) is 0 Å². The largest absolute Gasteiger partial charge is 0.368 e. The Morgan fingerprint density at radius 2 is 2.00 bits per heavy atom. The summed E-state index contributed by atoms with van der Waals surface area (Å²) in [7, 11) is 0. The average Bonchev–Trinajstić information content (AvgIpc) is 2.34. The molecule has 2 N–H and O–H groups in total. The van der Waals surface area contributed by atoms with Crippen LogP contribution in [0.3, 0.4) is 0 Å². The molecule has 0 amide bonds. The van der Waals surface area contributed by atoms with Crippen molar-refractivity contribution in [3.63, 3.8) is 0 Å². The second-order valence-electron chi connectivity index (χ2n) is 5.35. The number of anilines is 1. The molecule has 0 bridgehead atoms. The van der Waals surface area contributed by atoms with E-state index >= 15 is 0 Å². The summed E-state index contributed by atoms with van der Waals surface area (Å²) < 4.78 is 0. The van der Waals surface area contributed by atoms with Gasteiger partial charge in [0.05, 0.1) is 0 Å². The van der Waals surface area contributed by atoms with E-state index in [0.717, 1.165) is 18.9 Å². The second kappa shape index (κ2) is 5.54. The first-order valence-corrected chi connectivity index (χ1v) is 6.77. The Balaban J connectivity index is 2.25. The minimum Gasteiger partial charge on any atom is -0.368 e. The summed E-state index contributed by atoms with van der Waals surface area (Å²) in [5.41, 5.74) is 8.50. The van der Waals surface area contributed by atoms with E-state index in [1.165, 1.54) is 30.6 Å². The molecule has 1 saturated heterocycles. The Labute approximate surface area is 105 Å². The Morgan fingerprint density at radius 3 is 2.76 bits per heavy atom. The van der Waals surface area contributed by atoms with E-state index < -0.39 is 0 Å². The molecular weight excluding hydrogens is 208 g/mol. The fourth-order valence-corrected chi connectivity index (χ4v) is 2.78. The van der Waals surface area contributed by atoms with E-state index in [4.69, 9.17) is 5.73 Å². The maximum Gasteiger partial charge on any atom is 0.0401 e. The predicted octanol–water partition coefficient (Wildman–Crippen LogP) is 2.81. The number of nitrogens with two attached hydrogens (primary N) is 1. The second-order valence-corrected chi connectivity index (χ2v) is 5.35. The van der Waals surface area contributed by atoms with Gasteiger partial charge in [-0.25, -0.2) is 0 Å². The number of rotatable bonds is 3. The molecule has 2 nitrogen and oxygen atoms in total. The van der Waals surface area contributed by atoms with Gasteiger partial charge in [-0.3, -0.25) is 0 Å². The lowest BCUT2D eigenvalue weighted by molar-refractivity contribution is 0.390. The highest BCUT2D eigenvalue weighted by molar-refractivity contribution is 5.55. The first kappa shape index (κ1) is 12.4. The maximum absolute atomic E-state index is 5.70. The highest BCUT2D eigenvalue weighted by atomic mass is 15.2. The van der Waals surface area contributed by atoms with E-state index in [-0.39, 0.29) is 0 Å². The Morgan fingerprint density at radius 1 is 1.24 bits per heavy atom. The van der Waals surface area contributed by atoms with Crippen LogP contribution in [0.4, 0.5) is 5.69 Å². The van der Waals surface area contributed by atoms with Crippen molar-refractivity contribution in [3.05, 3.63) is 29.8 Å². The summed E-state index contributed by atoms with van der Waals surface area (Å²) >= 11 is 0. The molecule has 1 aromatic rings. The van der Waals surface area contributed by atoms with Crippen molar-refractivity contribution in [2.45, 2.75) is 39.2 Å². The molecule has 94 valence electrons. The van der Waals surface area contributed by atoms with Crippen molar-refractivity contribution < 1.29 is 0 Å². The summed E-state index contributed by atoms with van der Waals surface area (Å²) in [6.07, 6.45) is 3.64. The lowest BCUT2D eigenvalue weighted by atomic mass is 9.93. The number of para-hydroxylation sites is 1. The van der Waals surface area contributed by atoms with Gasteiger partial charge in [0, 0.05) is 18.3 Å². The van der Waals surface area contributed by atoms with Gasteiger partial charge in [-0.1, -0.05) is 25.1 Å². The van der Waals surface area contributed by atoms with Crippen molar-refractivity contribution in [1.82, 2.24) is 0 Å². The van der Waals surface area contributed by atoms with E-state index in [0.29, 0.717) is 6.04 Å². The minimum atomic E-state index is 0.658. The molecule has 0 radical (unpaired) electrons. The fourth-order valence-electron chi connectivity index (χ4n) is 2.78. The number of piperidine rings is 1. The van der Waals surface area contributed by atoms with Crippen LogP contribution in [-0.4, -0.2) is 19.1 Å². The average molecular weight is 232 g/mol. The molecule has 0 aliphatic carbocycles. The van der Waals surface area contributed by atoms with Crippen LogP contribution < -0.4 is 10.6 Å². The lowest BCUT2D eigenvalue weighted by Gasteiger charge is -2.39. The molecule has 2 heteroatoms. The molecule has 2 unspecified atom stereocenters. The van der Waals surface area contributed by atoms with E-state index in [9.17, 15) is 0 Å². The first-order valence-electron chi connectivity index (χ1n) is 6.77. The SMILES string of the molecule is CC1CCC(C)N(c2ccccc2CCN)C1. The molecule has 0 saturated carbocycles. The van der Waals surface area contributed by atoms with Crippen LogP contribution in [0, 0.1) is 5.92 Å². The van der Waals surface area contributed by atoms with Gasteiger partial charge in [-0.2, -0.15) is 0 Å². The standard InChI is InChI=1S/C15H24N2/c1-12-7-8-13(2)17(11-12)15-6-4-3-5-14(15)9-10-16/h3-6,12-13H,7-11,16H2,1-2H3. The number of nitrogens with zero attached hydrogens (tertiary/aromatic N) is 1. The summed E-state index contributed by atoms with van der Waals surface area (Å²) in [5.74, 6) is 0.803. The van der Waals surface area contributed by atoms with Crippen molar-refractivity contribution in [1.29, 1.82) is 0 Å². The summed E-state index contributed by atoms with van der Waals surface area (Å²) in [5, 5.41) is 0. The number of hydrogen-bond acceptors (Lipinski definition) is 2. The van der Waals surface area contributed by atoms with Gasteiger partial charge < -0.3 is 10.6 Å². The van der Waals surface area contributed by atoms with Crippen LogP contribution in [-0.2, 0) is 6.42 Å². The zero-order chi connectivity index (χ0) is 12.3. The molecule has 2 atom stereocenters. The van der Waals surface area contributed by atoms with Crippen molar-refractivity contribution >= 4 is 5.69 Å². The lowest BCUT2D eigenvalue weighted by Crippen LogP contribution is -2.41. The summed E-state index contributed by atoms with van der Waals surface area (Å²) in [6.45, 7) is 6.60. The Bertz CT molecular complexity index is 362. The van der Waals surface area contributed by atoms with E-state index in [1.54, 1.807) is 0 Å². The zero-order valence-corrected chi connectivity index (χ0v) is 11.0. The molecule has 1 aliphatic rings.